The third kappa shape index (κ3) is 3.73. The van der Waals surface area contributed by atoms with Crippen molar-refractivity contribution in [3.63, 3.8) is 0 Å². The maximum Gasteiger partial charge on any atom is 0.212 e. The first-order chi connectivity index (χ1) is 15.8. The predicted octanol–water partition coefficient (Wildman–Crippen LogP) is 4.84. The molecule has 5 aromatic rings. The molecule has 0 unspecified atom stereocenters. The van der Waals surface area contributed by atoms with E-state index in [0.717, 1.165) is 11.1 Å². The molecule has 33 heavy (non-hydrogen) atoms. The van der Waals surface area contributed by atoms with Crippen LogP contribution < -0.4 is 5.73 Å². The first-order valence-corrected chi connectivity index (χ1v) is 11.9. The average molecular weight is 476 g/mol. The van der Waals surface area contributed by atoms with Crippen molar-refractivity contribution in [3.05, 3.63) is 88.9 Å². The van der Waals surface area contributed by atoms with Crippen molar-refractivity contribution >= 4 is 55.7 Å². The lowest BCUT2D eigenvalue weighted by Gasteiger charge is -2.05. The van der Waals surface area contributed by atoms with Crippen LogP contribution in [0.1, 0.15) is 11.1 Å². The molecule has 2 heterocycles. The van der Waals surface area contributed by atoms with Crippen LogP contribution in [0.15, 0.2) is 87.7 Å². The van der Waals surface area contributed by atoms with Crippen LogP contribution in [0.5, 0.6) is 0 Å². The highest BCUT2D eigenvalue weighted by atomic mass is 35.5. The Bertz CT molecular complexity index is 1640. The van der Waals surface area contributed by atoms with Crippen LogP contribution in [0.4, 0.5) is 5.82 Å². The Labute approximate surface area is 195 Å². The van der Waals surface area contributed by atoms with Gasteiger partial charge in [-0.05, 0) is 48.9 Å². The number of para-hydroxylation sites is 2. The fraction of sp³-hybridized carbons (Fsp3) is 0.0417. The number of benzene rings is 3. The van der Waals surface area contributed by atoms with Crippen molar-refractivity contribution < 1.29 is 8.42 Å². The van der Waals surface area contributed by atoms with E-state index in [-0.39, 0.29) is 26.8 Å². The largest absolute Gasteiger partial charge is 0.382 e. The summed E-state index contributed by atoms with van der Waals surface area (Å²) in [6, 6.07) is 20.8. The molecule has 0 saturated carbocycles. The quantitative estimate of drug-likeness (QED) is 0.374. The molecule has 164 valence electrons. The Morgan fingerprint density at radius 1 is 0.939 bits per heavy atom. The SMILES string of the molecule is Cc1ccc(C=Nn2c(N)c(S(=O)(=O)c3ccc(Cl)cc3)c3nc4ccccc4nc32)cc1. The van der Waals surface area contributed by atoms with Gasteiger partial charge in [0, 0.05) is 5.02 Å². The molecule has 0 fully saturated rings. The Kier molecular flexibility index (Phi) is 5.11. The maximum atomic E-state index is 13.6. The van der Waals surface area contributed by atoms with Gasteiger partial charge in [-0.25, -0.2) is 18.4 Å². The molecule has 0 atom stereocenters. The standard InChI is InChI=1S/C24H18ClN5O2S/c1-15-6-8-16(9-7-15)14-27-30-23(26)22(33(31,32)18-12-10-17(25)11-13-18)21-24(30)29-20-5-3-2-4-19(20)28-21/h2-14H,26H2,1H3. The zero-order valence-corrected chi connectivity index (χ0v) is 19.0. The molecule has 0 aliphatic rings. The zero-order valence-electron chi connectivity index (χ0n) is 17.5. The van der Waals surface area contributed by atoms with Gasteiger partial charge in [-0.2, -0.15) is 9.78 Å². The topological polar surface area (TPSA) is 103 Å². The fourth-order valence-electron chi connectivity index (χ4n) is 3.51. The van der Waals surface area contributed by atoms with Gasteiger partial charge in [0.15, 0.2) is 5.65 Å². The van der Waals surface area contributed by atoms with E-state index < -0.39 is 9.84 Å². The third-order valence-corrected chi connectivity index (χ3v) is 7.31. The summed E-state index contributed by atoms with van der Waals surface area (Å²) in [7, 11) is -4.03. The average Bonchev–Trinajstić information content (AvgIpc) is 3.08. The van der Waals surface area contributed by atoms with Gasteiger partial charge in [0.2, 0.25) is 9.84 Å². The van der Waals surface area contributed by atoms with Gasteiger partial charge in [-0.3, -0.25) is 0 Å². The second-order valence-corrected chi connectivity index (χ2v) is 9.85. The summed E-state index contributed by atoms with van der Waals surface area (Å²) >= 11 is 5.95. The number of hydrogen-bond donors (Lipinski definition) is 1. The lowest BCUT2D eigenvalue weighted by atomic mass is 10.2. The van der Waals surface area contributed by atoms with Crippen LogP contribution in [0, 0.1) is 6.92 Å². The van der Waals surface area contributed by atoms with E-state index in [2.05, 4.69) is 15.1 Å². The minimum absolute atomic E-state index is 0.0510. The van der Waals surface area contributed by atoms with Gasteiger partial charge < -0.3 is 5.73 Å². The van der Waals surface area contributed by atoms with E-state index in [1.807, 2.05) is 43.3 Å². The van der Waals surface area contributed by atoms with Gasteiger partial charge in [-0.1, -0.05) is 53.6 Å². The summed E-state index contributed by atoms with van der Waals surface area (Å²) in [5.74, 6) is -0.0707. The summed E-state index contributed by atoms with van der Waals surface area (Å²) in [6.07, 6.45) is 1.60. The smallest absolute Gasteiger partial charge is 0.212 e. The molecule has 0 bridgehead atoms. The summed E-state index contributed by atoms with van der Waals surface area (Å²) in [4.78, 5) is 9.13. The Morgan fingerprint density at radius 3 is 2.24 bits per heavy atom. The van der Waals surface area contributed by atoms with Crippen LogP contribution in [-0.2, 0) is 9.84 Å². The highest BCUT2D eigenvalue weighted by Gasteiger charge is 2.30. The van der Waals surface area contributed by atoms with Crippen molar-refractivity contribution in [2.24, 2.45) is 5.10 Å². The molecule has 0 spiro atoms. The second kappa shape index (κ2) is 7.99. The van der Waals surface area contributed by atoms with Crippen molar-refractivity contribution in [1.29, 1.82) is 0 Å². The van der Waals surface area contributed by atoms with Crippen LogP contribution in [-0.4, -0.2) is 29.3 Å². The van der Waals surface area contributed by atoms with Crippen LogP contribution in [0.2, 0.25) is 5.02 Å². The van der Waals surface area contributed by atoms with E-state index in [1.54, 1.807) is 18.3 Å². The number of nitrogens with zero attached hydrogens (tertiary/aromatic N) is 4. The lowest BCUT2D eigenvalue weighted by molar-refractivity contribution is 0.597. The second-order valence-electron chi connectivity index (χ2n) is 7.52. The van der Waals surface area contributed by atoms with Crippen molar-refractivity contribution in [3.8, 4) is 0 Å². The van der Waals surface area contributed by atoms with Crippen molar-refractivity contribution in [1.82, 2.24) is 14.6 Å². The molecule has 0 amide bonds. The Morgan fingerprint density at radius 2 is 1.58 bits per heavy atom. The number of fused-ring (bicyclic) bond motifs is 2. The van der Waals surface area contributed by atoms with E-state index >= 15 is 0 Å². The number of hydrogen-bond acceptors (Lipinski definition) is 6. The fourth-order valence-corrected chi connectivity index (χ4v) is 5.12. The number of anilines is 1. The third-order valence-electron chi connectivity index (χ3n) is 5.22. The first-order valence-electron chi connectivity index (χ1n) is 10.0. The number of nitrogen functional groups attached to an aromatic ring is 1. The summed E-state index contributed by atoms with van der Waals surface area (Å²) in [5.41, 5.74) is 9.89. The number of sulfone groups is 1. The van der Waals surface area contributed by atoms with Crippen molar-refractivity contribution in [2.75, 3.05) is 5.73 Å². The van der Waals surface area contributed by atoms with Crippen LogP contribution in [0.3, 0.4) is 0 Å². The molecule has 0 aliphatic heterocycles. The summed E-state index contributed by atoms with van der Waals surface area (Å²) in [5, 5.41) is 4.89. The molecular formula is C24H18ClN5O2S. The summed E-state index contributed by atoms with van der Waals surface area (Å²) in [6.45, 7) is 1.99. The molecule has 3 aromatic carbocycles. The monoisotopic (exact) mass is 475 g/mol. The maximum absolute atomic E-state index is 13.6. The molecule has 9 heteroatoms. The van der Waals surface area contributed by atoms with Gasteiger partial charge >= 0.3 is 0 Å². The van der Waals surface area contributed by atoms with E-state index in [1.165, 1.54) is 28.9 Å². The van der Waals surface area contributed by atoms with E-state index in [4.69, 9.17) is 17.3 Å². The van der Waals surface area contributed by atoms with Gasteiger partial charge in [-0.15, -0.1) is 0 Å². The molecular weight excluding hydrogens is 458 g/mol. The van der Waals surface area contributed by atoms with E-state index in [0.29, 0.717) is 16.1 Å². The first kappa shape index (κ1) is 21.1. The van der Waals surface area contributed by atoms with Gasteiger partial charge in [0.05, 0.1) is 22.1 Å². The number of halogens is 1. The molecule has 0 radical (unpaired) electrons. The van der Waals surface area contributed by atoms with Gasteiger partial charge in [0.1, 0.15) is 16.2 Å². The van der Waals surface area contributed by atoms with E-state index in [9.17, 15) is 8.42 Å². The minimum Gasteiger partial charge on any atom is -0.382 e. The minimum atomic E-state index is -4.03. The molecule has 2 N–H and O–H groups in total. The molecule has 0 saturated heterocycles. The Balaban J connectivity index is 1.78. The predicted molar refractivity (Wildman–Crippen MR) is 131 cm³/mol. The number of nitrogens with two attached hydrogens (primary N) is 1. The Hall–Kier alpha value is -3.75. The molecule has 5 rings (SSSR count). The molecule has 2 aromatic heterocycles. The number of rotatable bonds is 4. The normalized spacial score (nSPS) is 12.2. The molecule has 0 aliphatic carbocycles. The van der Waals surface area contributed by atoms with Crippen molar-refractivity contribution in [2.45, 2.75) is 16.7 Å². The zero-order chi connectivity index (χ0) is 23.2. The highest BCUT2D eigenvalue weighted by molar-refractivity contribution is 7.92. The molecule has 7 nitrogen and oxygen atoms in total. The number of aryl methyl sites for hydroxylation is 1. The summed E-state index contributed by atoms with van der Waals surface area (Å²) < 4.78 is 28.5. The van der Waals surface area contributed by atoms with Crippen LogP contribution >= 0.6 is 11.6 Å². The van der Waals surface area contributed by atoms with Gasteiger partial charge in [0.25, 0.3) is 0 Å². The highest BCUT2D eigenvalue weighted by Crippen LogP contribution is 2.35. The van der Waals surface area contributed by atoms with Crippen LogP contribution in [0.25, 0.3) is 22.2 Å². The number of aromatic nitrogens is 3. The lowest BCUT2D eigenvalue weighted by Crippen LogP contribution is -2.06.